The fourth-order valence-corrected chi connectivity index (χ4v) is 2.49. The molecule has 4 heteroatoms. The predicted octanol–water partition coefficient (Wildman–Crippen LogP) is 3.08. The average Bonchev–Trinajstić information content (AvgIpc) is 2.68. The van der Waals surface area contributed by atoms with Crippen LogP contribution in [0, 0.1) is 5.92 Å². The highest BCUT2D eigenvalue weighted by molar-refractivity contribution is 5.55. The maximum Gasteiger partial charge on any atom is 0.239 e. The van der Waals surface area contributed by atoms with E-state index in [0.29, 0.717) is 24.1 Å². The second-order valence-corrected chi connectivity index (χ2v) is 6.34. The average molecular weight is 263 g/mol. The van der Waals surface area contributed by atoms with E-state index in [-0.39, 0.29) is 5.54 Å². The van der Waals surface area contributed by atoms with Crippen LogP contribution in [-0.2, 0) is 0 Å². The van der Waals surface area contributed by atoms with Crippen molar-refractivity contribution in [3.63, 3.8) is 0 Å². The first kappa shape index (κ1) is 14.0. The van der Waals surface area contributed by atoms with Crippen molar-refractivity contribution in [1.82, 2.24) is 4.98 Å². The summed E-state index contributed by atoms with van der Waals surface area (Å²) in [6.07, 6.45) is 2.41. The maximum absolute atomic E-state index is 5.94. The van der Waals surface area contributed by atoms with Crippen molar-refractivity contribution in [3.8, 4) is 5.88 Å². The molecule has 0 radical (unpaired) electrons. The van der Waals surface area contributed by atoms with E-state index >= 15 is 0 Å². The lowest BCUT2D eigenvalue weighted by Crippen LogP contribution is -2.38. The van der Waals surface area contributed by atoms with Gasteiger partial charge in [0.25, 0.3) is 0 Å². The van der Waals surface area contributed by atoms with Crippen molar-refractivity contribution < 1.29 is 4.74 Å². The molecule has 0 spiro atoms. The second-order valence-electron chi connectivity index (χ2n) is 6.34. The zero-order chi connectivity index (χ0) is 14.0. The van der Waals surface area contributed by atoms with E-state index in [4.69, 9.17) is 10.5 Å². The monoisotopic (exact) mass is 263 g/mol. The summed E-state index contributed by atoms with van der Waals surface area (Å²) < 4.78 is 5.70. The molecule has 0 saturated carbocycles. The minimum Gasteiger partial charge on any atom is -0.476 e. The number of hydrogen-bond donors (Lipinski definition) is 1. The Balaban J connectivity index is 2.20. The van der Waals surface area contributed by atoms with Crippen LogP contribution in [0.2, 0.25) is 0 Å². The Bertz CT molecular complexity index is 443. The van der Waals surface area contributed by atoms with E-state index in [9.17, 15) is 0 Å². The van der Waals surface area contributed by atoms with Crippen molar-refractivity contribution in [2.24, 2.45) is 5.92 Å². The highest BCUT2D eigenvalue weighted by atomic mass is 16.5. The van der Waals surface area contributed by atoms with Gasteiger partial charge in [0.05, 0.1) is 12.3 Å². The number of pyridine rings is 1. The van der Waals surface area contributed by atoms with Crippen molar-refractivity contribution in [2.75, 3.05) is 23.8 Å². The van der Waals surface area contributed by atoms with E-state index in [0.717, 1.165) is 12.4 Å². The molecule has 19 heavy (non-hydrogen) atoms. The summed E-state index contributed by atoms with van der Waals surface area (Å²) in [5, 5.41) is 0. The Kier molecular flexibility index (Phi) is 3.88. The van der Waals surface area contributed by atoms with Gasteiger partial charge in [-0.2, -0.15) is 4.98 Å². The topological polar surface area (TPSA) is 51.4 Å². The Morgan fingerprint density at radius 2 is 2.16 bits per heavy atom. The Hall–Kier alpha value is -1.45. The number of aromatic nitrogens is 1. The molecule has 1 aromatic rings. The quantitative estimate of drug-likeness (QED) is 0.907. The van der Waals surface area contributed by atoms with Crippen LogP contribution in [0.25, 0.3) is 0 Å². The van der Waals surface area contributed by atoms with Crippen LogP contribution in [0.1, 0.15) is 40.5 Å². The summed E-state index contributed by atoms with van der Waals surface area (Å²) in [5.74, 6) is 2.00. The van der Waals surface area contributed by atoms with Gasteiger partial charge < -0.3 is 15.4 Å². The fourth-order valence-electron chi connectivity index (χ4n) is 2.49. The van der Waals surface area contributed by atoms with Gasteiger partial charge in [-0.05, 0) is 44.7 Å². The minimum atomic E-state index is 0.165. The van der Waals surface area contributed by atoms with Crippen LogP contribution in [0.4, 0.5) is 11.5 Å². The molecule has 0 aliphatic carbocycles. The van der Waals surface area contributed by atoms with Gasteiger partial charge in [-0.25, -0.2) is 0 Å². The van der Waals surface area contributed by atoms with Gasteiger partial charge in [0.1, 0.15) is 5.82 Å². The van der Waals surface area contributed by atoms with Crippen molar-refractivity contribution in [1.29, 1.82) is 0 Å². The van der Waals surface area contributed by atoms with E-state index in [1.165, 1.54) is 12.8 Å². The van der Waals surface area contributed by atoms with Crippen molar-refractivity contribution in [3.05, 3.63) is 12.1 Å². The van der Waals surface area contributed by atoms with Crippen LogP contribution in [-0.4, -0.2) is 23.7 Å². The second kappa shape index (κ2) is 5.27. The first-order chi connectivity index (χ1) is 8.90. The molecule has 106 valence electrons. The largest absolute Gasteiger partial charge is 0.476 e. The Morgan fingerprint density at radius 1 is 1.42 bits per heavy atom. The van der Waals surface area contributed by atoms with Gasteiger partial charge in [0, 0.05) is 12.1 Å². The maximum atomic E-state index is 5.94. The summed E-state index contributed by atoms with van der Waals surface area (Å²) in [6.45, 7) is 10.4. The summed E-state index contributed by atoms with van der Waals surface area (Å²) in [7, 11) is 0. The fraction of sp³-hybridized carbons (Fsp3) is 0.667. The molecular formula is C15H25N3O. The molecule has 0 amide bonds. The van der Waals surface area contributed by atoms with E-state index in [1.54, 1.807) is 0 Å². The van der Waals surface area contributed by atoms with Gasteiger partial charge in [0.15, 0.2) is 0 Å². The third kappa shape index (κ3) is 3.11. The molecule has 1 saturated heterocycles. The van der Waals surface area contributed by atoms with Gasteiger partial charge in [-0.1, -0.05) is 13.8 Å². The number of nitrogens with zero attached hydrogens (tertiary/aromatic N) is 2. The van der Waals surface area contributed by atoms with Gasteiger partial charge >= 0.3 is 0 Å². The summed E-state index contributed by atoms with van der Waals surface area (Å²) >= 11 is 0. The van der Waals surface area contributed by atoms with E-state index < -0.39 is 0 Å². The highest BCUT2D eigenvalue weighted by Crippen LogP contribution is 2.34. The SMILES string of the molecule is CC(C)COc1nc(N2CCCC2(C)C)ccc1N. The molecule has 2 N–H and O–H groups in total. The lowest BCUT2D eigenvalue weighted by Gasteiger charge is -2.32. The number of nitrogens with two attached hydrogens (primary N) is 1. The molecule has 1 aliphatic rings. The molecule has 0 unspecified atom stereocenters. The molecule has 0 aromatic carbocycles. The molecule has 0 bridgehead atoms. The first-order valence-corrected chi connectivity index (χ1v) is 7.07. The molecule has 1 aliphatic heterocycles. The van der Waals surface area contributed by atoms with E-state index in [1.807, 2.05) is 12.1 Å². The van der Waals surface area contributed by atoms with Gasteiger partial charge in [-0.3, -0.25) is 0 Å². The highest BCUT2D eigenvalue weighted by Gasteiger charge is 2.33. The third-order valence-corrected chi connectivity index (χ3v) is 3.61. The Labute approximate surface area is 116 Å². The molecule has 1 fully saturated rings. The molecule has 0 atom stereocenters. The standard InChI is InChI=1S/C15H25N3O/c1-11(2)10-19-14-12(16)6-7-13(17-14)18-9-5-8-15(18,3)4/h6-7,11H,5,8-10,16H2,1-4H3. The molecular weight excluding hydrogens is 238 g/mol. The predicted molar refractivity (Wildman–Crippen MR) is 79.6 cm³/mol. The minimum absolute atomic E-state index is 0.165. The third-order valence-electron chi connectivity index (χ3n) is 3.61. The summed E-state index contributed by atoms with van der Waals surface area (Å²) in [4.78, 5) is 6.94. The van der Waals surface area contributed by atoms with Crippen molar-refractivity contribution >= 4 is 11.5 Å². The lowest BCUT2D eigenvalue weighted by atomic mass is 10.0. The lowest BCUT2D eigenvalue weighted by molar-refractivity contribution is 0.263. The number of nitrogen functional groups attached to an aromatic ring is 1. The normalized spacial score (nSPS) is 18.1. The molecule has 1 aromatic heterocycles. The van der Waals surface area contributed by atoms with Crippen LogP contribution in [0.5, 0.6) is 5.88 Å². The zero-order valence-corrected chi connectivity index (χ0v) is 12.4. The van der Waals surface area contributed by atoms with Crippen LogP contribution in [0.15, 0.2) is 12.1 Å². The van der Waals surface area contributed by atoms with Crippen LogP contribution in [0.3, 0.4) is 0 Å². The van der Waals surface area contributed by atoms with Gasteiger partial charge in [0.2, 0.25) is 5.88 Å². The zero-order valence-electron chi connectivity index (χ0n) is 12.4. The number of ether oxygens (including phenoxy) is 1. The molecule has 2 rings (SSSR count). The smallest absolute Gasteiger partial charge is 0.239 e. The van der Waals surface area contributed by atoms with Gasteiger partial charge in [-0.15, -0.1) is 0 Å². The van der Waals surface area contributed by atoms with E-state index in [2.05, 4.69) is 37.6 Å². The van der Waals surface area contributed by atoms with Crippen LogP contribution < -0.4 is 15.4 Å². The summed E-state index contributed by atoms with van der Waals surface area (Å²) in [5.41, 5.74) is 6.71. The molecule has 2 heterocycles. The summed E-state index contributed by atoms with van der Waals surface area (Å²) in [6, 6.07) is 3.89. The number of anilines is 2. The first-order valence-electron chi connectivity index (χ1n) is 7.07. The molecule has 4 nitrogen and oxygen atoms in total. The Morgan fingerprint density at radius 3 is 2.74 bits per heavy atom. The number of hydrogen-bond acceptors (Lipinski definition) is 4. The van der Waals surface area contributed by atoms with Crippen LogP contribution >= 0.6 is 0 Å². The van der Waals surface area contributed by atoms with Crippen molar-refractivity contribution in [2.45, 2.75) is 46.1 Å². The number of rotatable bonds is 4.